The molecule has 0 unspecified atom stereocenters. The van der Waals surface area contributed by atoms with E-state index >= 15 is 0 Å². The van der Waals surface area contributed by atoms with Gasteiger partial charge in [-0.3, -0.25) is 9.59 Å². The van der Waals surface area contributed by atoms with Crippen molar-refractivity contribution < 1.29 is 23.1 Å². The summed E-state index contributed by atoms with van der Waals surface area (Å²) in [5.41, 5.74) is 5.40. The van der Waals surface area contributed by atoms with Gasteiger partial charge < -0.3 is 9.67 Å². The Morgan fingerprint density at radius 1 is 1.10 bits per heavy atom. The second-order valence-corrected chi connectivity index (χ2v) is 10.0. The number of benzene rings is 2. The molecule has 4 rings (SSSR count). The summed E-state index contributed by atoms with van der Waals surface area (Å²) in [7, 11) is -3.17. The molecule has 1 aliphatic heterocycles. The van der Waals surface area contributed by atoms with Gasteiger partial charge in [-0.25, -0.2) is 8.42 Å². The van der Waals surface area contributed by atoms with E-state index in [0.29, 0.717) is 24.2 Å². The summed E-state index contributed by atoms with van der Waals surface area (Å²) >= 11 is 0. The molecule has 156 valence electrons. The number of fused-ring (bicyclic) bond motifs is 2. The van der Waals surface area contributed by atoms with Crippen LogP contribution in [0, 0.1) is 6.92 Å². The number of carbonyl (C=O) groups excluding carboxylic acids is 1. The van der Waals surface area contributed by atoms with Crippen LogP contribution in [0.5, 0.6) is 0 Å². The first-order chi connectivity index (χ1) is 14.2. The summed E-state index contributed by atoms with van der Waals surface area (Å²) < 4.78 is 26.0. The minimum atomic E-state index is -3.17. The number of sulfone groups is 1. The fourth-order valence-electron chi connectivity index (χ4n) is 4.36. The van der Waals surface area contributed by atoms with Gasteiger partial charge in [0.1, 0.15) is 12.3 Å². The monoisotopic (exact) mass is 425 g/mol. The van der Waals surface area contributed by atoms with Gasteiger partial charge >= 0.3 is 5.97 Å². The Labute approximate surface area is 175 Å². The second kappa shape index (κ2) is 7.40. The fraction of sp³-hybridized carbons (Fsp3) is 0.304. The third kappa shape index (κ3) is 3.65. The van der Waals surface area contributed by atoms with E-state index < -0.39 is 15.8 Å². The summed E-state index contributed by atoms with van der Waals surface area (Å²) in [6, 6.07) is 11.2. The highest BCUT2D eigenvalue weighted by molar-refractivity contribution is 7.91. The van der Waals surface area contributed by atoms with E-state index in [0.717, 1.165) is 38.9 Å². The molecule has 0 amide bonds. The number of aryl methyl sites for hydroxylation is 1. The molecular formula is C23H23NO5S. The Hall–Kier alpha value is -2.93. The molecule has 0 aliphatic carbocycles. The molecule has 1 aromatic heterocycles. The maximum Gasteiger partial charge on any atom is 0.323 e. The van der Waals surface area contributed by atoms with Crippen molar-refractivity contribution in [1.82, 2.24) is 4.57 Å². The van der Waals surface area contributed by atoms with Gasteiger partial charge in [0.25, 0.3) is 0 Å². The first-order valence-corrected chi connectivity index (χ1v) is 11.5. The zero-order chi connectivity index (χ0) is 21.6. The quantitative estimate of drug-likeness (QED) is 0.655. The zero-order valence-corrected chi connectivity index (χ0v) is 17.8. The van der Waals surface area contributed by atoms with Gasteiger partial charge in [0.2, 0.25) is 0 Å². The number of ketones is 1. The van der Waals surface area contributed by atoms with Crippen LogP contribution in [0.4, 0.5) is 0 Å². The van der Waals surface area contributed by atoms with Crippen molar-refractivity contribution in [3.05, 3.63) is 64.3 Å². The van der Waals surface area contributed by atoms with Crippen molar-refractivity contribution in [2.75, 3.05) is 5.75 Å². The Bertz CT molecular complexity index is 1300. The van der Waals surface area contributed by atoms with Crippen LogP contribution in [0.25, 0.3) is 10.9 Å². The Kier molecular flexibility index (Phi) is 5.02. The van der Waals surface area contributed by atoms with Crippen LogP contribution in [0.2, 0.25) is 0 Å². The van der Waals surface area contributed by atoms with Gasteiger partial charge in [-0.05, 0) is 67.1 Å². The summed E-state index contributed by atoms with van der Waals surface area (Å²) in [6.45, 7) is 3.31. The van der Waals surface area contributed by atoms with Gasteiger partial charge in [-0.15, -0.1) is 0 Å². The lowest BCUT2D eigenvalue weighted by atomic mass is 9.98. The third-order valence-electron chi connectivity index (χ3n) is 5.75. The van der Waals surface area contributed by atoms with E-state index in [2.05, 4.69) is 0 Å². The summed E-state index contributed by atoms with van der Waals surface area (Å²) in [6.07, 6.45) is 1.41. The van der Waals surface area contributed by atoms with E-state index in [1.165, 1.54) is 0 Å². The first kappa shape index (κ1) is 20.3. The molecule has 0 saturated carbocycles. The van der Waals surface area contributed by atoms with Crippen LogP contribution in [-0.4, -0.2) is 35.6 Å². The number of carbonyl (C=O) groups is 2. The number of rotatable bonds is 6. The van der Waals surface area contributed by atoms with Gasteiger partial charge in [-0.1, -0.05) is 18.2 Å². The zero-order valence-electron chi connectivity index (χ0n) is 16.9. The lowest BCUT2D eigenvalue weighted by Crippen LogP contribution is -2.10. The van der Waals surface area contributed by atoms with E-state index in [1.54, 1.807) is 17.6 Å². The normalized spacial score (nSPS) is 14.7. The highest BCUT2D eigenvalue weighted by Crippen LogP contribution is 2.32. The standard InChI is InChI=1S/C23H23NO5S/c1-14(25)9-16-3-5-21-20(12-16)19(15(2)24(21)13-23(26)27)11-17-4-6-22-18(10-17)7-8-30(22,28)29/h3-6,10,12H,7-9,11,13H2,1-2H3,(H,26,27). The Morgan fingerprint density at radius 3 is 2.53 bits per heavy atom. The molecule has 30 heavy (non-hydrogen) atoms. The van der Waals surface area contributed by atoms with Crippen molar-refractivity contribution in [2.45, 2.75) is 44.6 Å². The predicted molar refractivity (Wildman–Crippen MR) is 114 cm³/mol. The van der Waals surface area contributed by atoms with E-state index in [-0.39, 0.29) is 18.1 Å². The lowest BCUT2D eigenvalue weighted by molar-refractivity contribution is -0.137. The summed E-state index contributed by atoms with van der Waals surface area (Å²) in [4.78, 5) is 23.4. The fourth-order valence-corrected chi connectivity index (χ4v) is 5.90. The molecule has 0 spiro atoms. The highest BCUT2D eigenvalue weighted by atomic mass is 32.2. The van der Waals surface area contributed by atoms with Crippen LogP contribution in [0.3, 0.4) is 0 Å². The molecule has 0 radical (unpaired) electrons. The molecule has 1 aliphatic rings. The molecular weight excluding hydrogens is 402 g/mol. The number of aromatic nitrogens is 1. The topological polar surface area (TPSA) is 93.4 Å². The van der Waals surface area contributed by atoms with Gasteiger partial charge in [-0.2, -0.15) is 0 Å². The Balaban J connectivity index is 1.82. The molecule has 0 bridgehead atoms. The molecule has 0 atom stereocenters. The molecule has 3 aromatic rings. The van der Waals surface area contributed by atoms with Gasteiger partial charge in [0, 0.05) is 23.0 Å². The molecule has 2 aromatic carbocycles. The first-order valence-electron chi connectivity index (χ1n) is 9.82. The SMILES string of the molecule is CC(=O)Cc1ccc2c(c1)c(Cc1ccc3c(c1)CCS3(=O)=O)c(C)n2CC(=O)O. The minimum absolute atomic E-state index is 0.0671. The van der Waals surface area contributed by atoms with Crippen molar-refractivity contribution in [3.63, 3.8) is 0 Å². The number of aliphatic carboxylic acids is 1. The van der Waals surface area contributed by atoms with Crippen LogP contribution in [0.15, 0.2) is 41.3 Å². The Morgan fingerprint density at radius 2 is 1.83 bits per heavy atom. The maximum absolute atomic E-state index is 12.1. The summed E-state index contributed by atoms with van der Waals surface area (Å²) in [5, 5.41) is 10.3. The van der Waals surface area contributed by atoms with Crippen molar-refractivity contribution in [3.8, 4) is 0 Å². The van der Waals surface area contributed by atoms with Gasteiger partial charge in [0.05, 0.1) is 10.6 Å². The number of nitrogens with zero attached hydrogens (tertiary/aromatic N) is 1. The van der Waals surface area contributed by atoms with Gasteiger partial charge in [0.15, 0.2) is 9.84 Å². The number of Topliss-reactive ketones (excluding diaryl/α,β-unsaturated/α-hetero) is 1. The molecule has 0 saturated heterocycles. The molecule has 6 nitrogen and oxygen atoms in total. The van der Waals surface area contributed by atoms with Crippen LogP contribution >= 0.6 is 0 Å². The van der Waals surface area contributed by atoms with E-state index in [4.69, 9.17) is 0 Å². The third-order valence-corrected chi connectivity index (χ3v) is 7.56. The smallest absolute Gasteiger partial charge is 0.323 e. The number of carboxylic acids is 1. The predicted octanol–water partition coefficient (Wildman–Crippen LogP) is 3.09. The molecule has 7 heteroatoms. The number of carboxylic acid groups (broad SMARTS) is 1. The minimum Gasteiger partial charge on any atom is -0.480 e. The number of hydrogen-bond donors (Lipinski definition) is 1. The highest BCUT2D eigenvalue weighted by Gasteiger charge is 2.26. The maximum atomic E-state index is 12.1. The van der Waals surface area contributed by atoms with Crippen molar-refractivity contribution in [2.24, 2.45) is 0 Å². The second-order valence-electron chi connectivity index (χ2n) is 7.96. The van der Waals surface area contributed by atoms with Crippen molar-refractivity contribution >= 4 is 32.5 Å². The van der Waals surface area contributed by atoms with Crippen LogP contribution < -0.4 is 0 Å². The molecule has 1 N–H and O–H groups in total. The summed E-state index contributed by atoms with van der Waals surface area (Å²) in [5.74, 6) is -0.702. The average Bonchev–Trinajstić information content (AvgIpc) is 3.09. The molecule has 2 heterocycles. The number of hydrogen-bond acceptors (Lipinski definition) is 4. The largest absolute Gasteiger partial charge is 0.480 e. The van der Waals surface area contributed by atoms with E-state index in [1.807, 2.05) is 37.3 Å². The average molecular weight is 426 g/mol. The van der Waals surface area contributed by atoms with Crippen LogP contribution in [-0.2, 0) is 45.2 Å². The van der Waals surface area contributed by atoms with Crippen LogP contribution in [0.1, 0.15) is 34.9 Å². The van der Waals surface area contributed by atoms with Crippen molar-refractivity contribution in [1.29, 1.82) is 0 Å². The van der Waals surface area contributed by atoms with E-state index in [9.17, 15) is 23.1 Å². The lowest BCUT2D eigenvalue weighted by Gasteiger charge is -2.07. The molecule has 0 fully saturated rings.